The molecule has 0 radical (unpaired) electrons. The van der Waals surface area contributed by atoms with Gasteiger partial charge in [0.1, 0.15) is 5.75 Å². The fraction of sp³-hybridized carbons (Fsp3) is 0.727. The molecule has 3 rings (SSSR count). The van der Waals surface area contributed by atoms with E-state index in [2.05, 4.69) is 18.2 Å². The lowest BCUT2D eigenvalue weighted by Gasteiger charge is -2.41. The second-order valence-electron chi connectivity index (χ2n) is 7.64. The molecule has 0 unspecified atom stereocenters. The van der Waals surface area contributed by atoms with Gasteiger partial charge in [0.05, 0.1) is 6.61 Å². The molecule has 2 aliphatic rings. The van der Waals surface area contributed by atoms with Crippen LogP contribution in [0, 0.1) is 0 Å². The van der Waals surface area contributed by atoms with Gasteiger partial charge in [-0.1, -0.05) is 12.5 Å². The second kappa shape index (κ2) is 10.2. The van der Waals surface area contributed by atoms with E-state index in [0.717, 1.165) is 43.0 Å². The van der Waals surface area contributed by atoms with Crippen LogP contribution in [0.5, 0.6) is 5.75 Å². The molecule has 1 heterocycles. The summed E-state index contributed by atoms with van der Waals surface area (Å²) >= 11 is 0. The molecule has 6 heteroatoms. The molecule has 1 saturated carbocycles. The summed E-state index contributed by atoms with van der Waals surface area (Å²) in [6.07, 6.45) is 7.64. The molecule has 0 N–H and O–H groups in total. The van der Waals surface area contributed by atoms with Gasteiger partial charge in [0.25, 0.3) is 0 Å². The van der Waals surface area contributed by atoms with Gasteiger partial charge in [-0.25, -0.2) is 0 Å². The number of hydrogen-bond acceptors (Lipinski definition) is 5. The maximum atomic E-state index is 6.29. The first-order valence-corrected chi connectivity index (χ1v) is 12.9. The van der Waals surface area contributed by atoms with E-state index in [1.165, 1.54) is 24.8 Å². The van der Waals surface area contributed by atoms with Crippen molar-refractivity contribution in [1.29, 1.82) is 0 Å². The van der Waals surface area contributed by atoms with Crippen LogP contribution < -0.4 is 4.74 Å². The molecule has 0 amide bonds. The third-order valence-corrected chi connectivity index (χ3v) is 8.72. The van der Waals surface area contributed by atoms with Gasteiger partial charge in [-0.3, -0.25) is 0 Å². The first-order valence-electron chi connectivity index (χ1n) is 11.0. The Labute approximate surface area is 171 Å². The van der Waals surface area contributed by atoms with Crippen molar-refractivity contribution in [3.63, 3.8) is 0 Å². The van der Waals surface area contributed by atoms with Crippen LogP contribution in [0.2, 0.25) is 6.04 Å². The first-order chi connectivity index (χ1) is 13.6. The van der Waals surface area contributed by atoms with E-state index in [1.54, 1.807) is 0 Å². The van der Waals surface area contributed by atoms with Crippen molar-refractivity contribution in [2.75, 3.05) is 19.8 Å². The molecule has 28 heavy (non-hydrogen) atoms. The Balaban J connectivity index is 1.58. The van der Waals surface area contributed by atoms with Crippen LogP contribution in [0.1, 0.15) is 70.4 Å². The van der Waals surface area contributed by atoms with E-state index < -0.39 is 8.80 Å². The van der Waals surface area contributed by atoms with Gasteiger partial charge in [0, 0.05) is 44.3 Å². The van der Waals surface area contributed by atoms with Crippen molar-refractivity contribution >= 4 is 8.80 Å². The van der Waals surface area contributed by atoms with Crippen molar-refractivity contribution in [2.45, 2.75) is 84.2 Å². The number of rotatable bonds is 10. The van der Waals surface area contributed by atoms with Crippen molar-refractivity contribution in [3.05, 3.63) is 29.3 Å². The van der Waals surface area contributed by atoms with Crippen molar-refractivity contribution in [2.24, 2.45) is 0 Å². The molecule has 158 valence electrons. The predicted octanol–water partition coefficient (Wildman–Crippen LogP) is 5.24. The van der Waals surface area contributed by atoms with Crippen LogP contribution in [-0.4, -0.2) is 34.4 Å². The molecule has 5 nitrogen and oxygen atoms in total. The fourth-order valence-corrected chi connectivity index (χ4v) is 6.90. The average molecular weight is 409 g/mol. The van der Waals surface area contributed by atoms with Crippen LogP contribution >= 0.6 is 0 Å². The molecule has 1 aromatic carbocycles. The minimum Gasteiger partial charge on any atom is -0.462 e. The van der Waals surface area contributed by atoms with E-state index in [9.17, 15) is 0 Å². The number of aryl methyl sites for hydroxylation is 1. The molecule has 1 aliphatic carbocycles. The molecule has 1 aromatic rings. The lowest BCUT2D eigenvalue weighted by molar-refractivity contribution is -0.222. The van der Waals surface area contributed by atoms with Gasteiger partial charge in [-0.15, -0.1) is 0 Å². The van der Waals surface area contributed by atoms with Gasteiger partial charge in [-0.2, -0.15) is 0 Å². The highest BCUT2D eigenvalue weighted by Gasteiger charge is 2.40. The highest BCUT2D eigenvalue weighted by molar-refractivity contribution is 6.60. The summed E-state index contributed by atoms with van der Waals surface area (Å²) in [5, 5.41) is 0. The maximum absolute atomic E-state index is 6.29. The Morgan fingerprint density at radius 3 is 2.29 bits per heavy atom. The summed E-state index contributed by atoms with van der Waals surface area (Å²) in [6.45, 7) is 8.54. The summed E-state index contributed by atoms with van der Waals surface area (Å²) in [6, 6.07) is 7.39. The van der Waals surface area contributed by atoms with E-state index >= 15 is 0 Å². The zero-order chi connectivity index (χ0) is 19.9. The number of ether oxygens (including phenoxy) is 2. The first kappa shape index (κ1) is 21.8. The average Bonchev–Trinajstić information content (AvgIpc) is 2.69. The second-order valence-corrected chi connectivity index (χ2v) is 10.4. The Bertz CT molecular complexity index is 598. The molecule has 0 saturated heterocycles. The summed E-state index contributed by atoms with van der Waals surface area (Å²) in [5.74, 6) is 0.628. The summed E-state index contributed by atoms with van der Waals surface area (Å²) in [4.78, 5) is 0. The summed E-state index contributed by atoms with van der Waals surface area (Å²) in [5.41, 5.74) is 2.47. The molecule has 1 aliphatic heterocycles. The van der Waals surface area contributed by atoms with Crippen molar-refractivity contribution in [3.8, 4) is 5.75 Å². The van der Waals surface area contributed by atoms with Crippen molar-refractivity contribution in [1.82, 2.24) is 0 Å². The third-order valence-electron chi connectivity index (χ3n) is 5.57. The molecular weight excluding hydrogens is 372 g/mol. The normalized spacial score (nSPS) is 18.7. The Morgan fingerprint density at radius 1 is 0.964 bits per heavy atom. The van der Waals surface area contributed by atoms with Gasteiger partial charge < -0.3 is 22.8 Å². The number of benzene rings is 1. The molecule has 0 atom stereocenters. The van der Waals surface area contributed by atoms with Crippen LogP contribution in [0.15, 0.2) is 18.2 Å². The van der Waals surface area contributed by atoms with Gasteiger partial charge in [0.15, 0.2) is 0 Å². The van der Waals surface area contributed by atoms with E-state index in [-0.39, 0.29) is 5.79 Å². The third kappa shape index (κ3) is 5.36. The molecule has 1 spiro atoms. The largest absolute Gasteiger partial charge is 0.500 e. The topological polar surface area (TPSA) is 46.2 Å². The Morgan fingerprint density at radius 2 is 1.64 bits per heavy atom. The van der Waals surface area contributed by atoms with Gasteiger partial charge >= 0.3 is 8.80 Å². The fourth-order valence-electron chi connectivity index (χ4n) is 4.29. The van der Waals surface area contributed by atoms with Crippen molar-refractivity contribution < 1.29 is 22.8 Å². The SMILES string of the molecule is CCO[Si](CCCc1ccc2c(c1)COC1(CCCCC1)O2)(OCC)OCC. The minimum absolute atomic E-state index is 0.371. The smallest absolute Gasteiger partial charge is 0.462 e. The summed E-state index contributed by atoms with van der Waals surface area (Å²) < 4.78 is 30.3. The van der Waals surface area contributed by atoms with E-state index in [1.807, 2.05) is 20.8 Å². The monoisotopic (exact) mass is 408 g/mol. The van der Waals surface area contributed by atoms with Gasteiger partial charge in [0.2, 0.25) is 5.79 Å². The van der Waals surface area contributed by atoms with Gasteiger partial charge in [-0.05, 0) is 64.2 Å². The highest BCUT2D eigenvalue weighted by atomic mass is 28.4. The highest BCUT2D eigenvalue weighted by Crippen LogP contribution is 2.40. The van der Waals surface area contributed by atoms with Crippen LogP contribution in [0.4, 0.5) is 0 Å². The van der Waals surface area contributed by atoms with E-state index in [0.29, 0.717) is 26.4 Å². The Hall–Kier alpha value is -0.923. The lowest BCUT2D eigenvalue weighted by Crippen LogP contribution is -2.46. The van der Waals surface area contributed by atoms with Crippen LogP contribution in [-0.2, 0) is 31.0 Å². The van der Waals surface area contributed by atoms with Crippen LogP contribution in [0.25, 0.3) is 0 Å². The Kier molecular flexibility index (Phi) is 7.94. The molecule has 1 fully saturated rings. The molecular formula is C22H36O5Si. The number of hydrogen-bond donors (Lipinski definition) is 0. The number of fused-ring (bicyclic) bond motifs is 1. The maximum Gasteiger partial charge on any atom is 0.500 e. The lowest BCUT2D eigenvalue weighted by atomic mass is 9.93. The minimum atomic E-state index is -2.55. The zero-order valence-corrected chi connectivity index (χ0v) is 18.8. The molecule has 0 aromatic heterocycles. The predicted molar refractivity (Wildman–Crippen MR) is 111 cm³/mol. The quantitative estimate of drug-likeness (QED) is 0.496. The summed E-state index contributed by atoms with van der Waals surface area (Å²) in [7, 11) is -2.55. The standard InChI is InChI=1S/C22H36O5Si/c1-4-24-28(25-5-2,26-6-3)16-10-11-19-12-13-21-20(17-19)18-23-22(27-21)14-8-7-9-15-22/h12-13,17H,4-11,14-16,18H2,1-3H3. The molecule has 0 bridgehead atoms. The zero-order valence-electron chi connectivity index (χ0n) is 17.8. The van der Waals surface area contributed by atoms with E-state index in [4.69, 9.17) is 22.8 Å². The van der Waals surface area contributed by atoms with Crippen LogP contribution in [0.3, 0.4) is 0 Å².